The number of nitrogens with two attached hydrogens (primary N) is 1. The number of amides is 2. The number of primary amides is 1. The van der Waals surface area contributed by atoms with E-state index in [9.17, 15) is 23.6 Å². The Bertz CT molecular complexity index is 966. The van der Waals surface area contributed by atoms with Gasteiger partial charge in [-0.05, 0) is 48.4 Å². The summed E-state index contributed by atoms with van der Waals surface area (Å²) in [5.74, 6) is -2.21. The molecular weight excluding hydrogens is 372 g/mol. The summed E-state index contributed by atoms with van der Waals surface area (Å²) in [5.41, 5.74) is 5.97. The molecule has 0 radical (unpaired) electrons. The first-order valence-electron chi connectivity index (χ1n) is 7.85. The van der Waals surface area contributed by atoms with Crippen molar-refractivity contribution in [3.05, 3.63) is 76.3 Å². The topological polar surface area (TPSA) is 87.2 Å². The minimum Gasteiger partial charge on any atom is -0.365 e. The summed E-state index contributed by atoms with van der Waals surface area (Å²) >= 11 is 1.03. The first-order valence-corrected chi connectivity index (χ1v) is 8.73. The quantitative estimate of drug-likeness (QED) is 0.648. The van der Waals surface area contributed by atoms with E-state index in [0.29, 0.717) is 5.69 Å². The van der Waals surface area contributed by atoms with Gasteiger partial charge in [0.2, 0.25) is 5.91 Å². The van der Waals surface area contributed by atoms with Crippen LogP contribution in [0.1, 0.15) is 5.56 Å². The molecule has 2 amide bonds. The molecule has 2 aromatic rings. The summed E-state index contributed by atoms with van der Waals surface area (Å²) in [5, 5.41) is 8.76. The molecule has 0 aliphatic carbocycles. The molecule has 8 heteroatoms. The van der Waals surface area contributed by atoms with Crippen molar-refractivity contribution in [3.63, 3.8) is 0 Å². The molecule has 1 heterocycles. The lowest BCUT2D eigenvalue weighted by Gasteiger charge is -2.18. The Labute approximate surface area is 158 Å². The van der Waals surface area contributed by atoms with Crippen molar-refractivity contribution in [1.29, 1.82) is 5.26 Å². The summed E-state index contributed by atoms with van der Waals surface area (Å²) in [7, 11) is 0. The van der Waals surface area contributed by atoms with Crippen LogP contribution >= 0.6 is 11.8 Å². The molecule has 0 saturated carbocycles. The zero-order valence-corrected chi connectivity index (χ0v) is 14.7. The third-order valence-electron chi connectivity index (χ3n) is 3.94. The Morgan fingerprint density at radius 2 is 1.67 bits per heavy atom. The van der Waals surface area contributed by atoms with Crippen LogP contribution in [0.15, 0.2) is 59.1 Å². The molecule has 1 atom stereocenters. The molecular formula is C19H13F2N3O2S. The van der Waals surface area contributed by atoms with E-state index in [1.165, 1.54) is 41.3 Å². The maximum atomic E-state index is 13.2. The second kappa shape index (κ2) is 7.60. The van der Waals surface area contributed by atoms with Crippen molar-refractivity contribution < 1.29 is 18.4 Å². The summed E-state index contributed by atoms with van der Waals surface area (Å²) in [6, 6.07) is 12.5. The zero-order chi connectivity index (χ0) is 19.6. The zero-order valence-electron chi connectivity index (χ0n) is 13.9. The van der Waals surface area contributed by atoms with Gasteiger partial charge in [0.25, 0.3) is 5.91 Å². The van der Waals surface area contributed by atoms with E-state index in [4.69, 9.17) is 5.73 Å². The molecule has 2 aromatic carbocycles. The molecule has 2 N–H and O–H groups in total. The van der Waals surface area contributed by atoms with Crippen LogP contribution in [0, 0.1) is 23.0 Å². The van der Waals surface area contributed by atoms with Gasteiger partial charge in [0.1, 0.15) is 28.3 Å². The van der Waals surface area contributed by atoms with Gasteiger partial charge in [-0.3, -0.25) is 14.5 Å². The Morgan fingerprint density at radius 3 is 2.19 bits per heavy atom. The summed E-state index contributed by atoms with van der Waals surface area (Å²) in [6.45, 7) is 0. The Morgan fingerprint density at radius 1 is 1.11 bits per heavy atom. The number of rotatable bonds is 4. The van der Waals surface area contributed by atoms with Crippen LogP contribution < -0.4 is 10.6 Å². The smallest absolute Gasteiger partial charge is 0.262 e. The molecule has 0 spiro atoms. The van der Waals surface area contributed by atoms with Crippen molar-refractivity contribution >= 4 is 29.3 Å². The molecule has 3 rings (SSSR count). The van der Waals surface area contributed by atoms with Crippen LogP contribution in [-0.2, 0) is 16.0 Å². The highest BCUT2D eigenvalue weighted by Gasteiger charge is 2.40. The Kier molecular flexibility index (Phi) is 5.23. The fourth-order valence-corrected chi connectivity index (χ4v) is 3.98. The minimum atomic E-state index is -0.956. The van der Waals surface area contributed by atoms with Gasteiger partial charge < -0.3 is 5.73 Å². The fraction of sp³-hybridized carbons (Fsp3) is 0.105. The molecule has 136 valence electrons. The molecule has 1 fully saturated rings. The van der Waals surface area contributed by atoms with Crippen LogP contribution in [0.3, 0.4) is 0 Å². The van der Waals surface area contributed by atoms with Crippen molar-refractivity contribution in [1.82, 2.24) is 0 Å². The van der Waals surface area contributed by atoms with Crippen LogP contribution in [-0.4, -0.2) is 17.1 Å². The summed E-state index contributed by atoms with van der Waals surface area (Å²) < 4.78 is 26.3. The number of halogens is 2. The van der Waals surface area contributed by atoms with E-state index < -0.39 is 22.8 Å². The third kappa shape index (κ3) is 3.83. The summed E-state index contributed by atoms with van der Waals surface area (Å²) in [4.78, 5) is 25.8. The highest BCUT2D eigenvalue weighted by atomic mass is 32.2. The predicted octanol–water partition coefficient (Wildman–Crippen LogP) is 2.88. The van der Waals surface area contributed by atoms with Gasteiger partial charge in [-0.2, -0.15) is 5.26 Å². The van der Waals surface area contributed by atoms with Gasteiger partial charge in [0, 0.05) is 5.69 Å². The van der Waals surface area contributed by atoms with E-state index in [1.807, 2.05) is 0 Å². The van der Waals surface area contributed by atoms with Crippen molar-refractivity contribution in [2.24, 2.45) is 5.73 Å². The average molecular weight is 385 g/mol. The first kappa shape index (κ1) is 18.6. The van der Waals surface area contributed by atoms with E-state index in [2.05, 4.69) is 0 Å². The lowest BCUT2D eigenvalue weighted by Crippen LogP contribution is -2.31. The predicted molar refractivity (Wildman–Crippen MR) is 97.2 cm³/mol. The van der Waals surface area contributed by atoms with Crippen LogP contribution in [0.4, 0.5) is 14.5 Å². The second-order valence-electron chi connectivity index (χ2n) is 5.74. The van der Waals surface area contributed by atoms with Crippen molar-refractivity contribution in [3.8, 4) is 6.07 Å². The molecule has 1 aliphatic heterocycles. The fourth-order valence-electron chi connectivity index (χ4n) is 2.66. The number of thioether (sulfide) groups is 1. The number of hydrogen-bond acceptors (Lipinski definition) is 4. The van der Waals surface area contributed by atoms with Gasteiger partial charge in [0.05, 0.1) is 5.25 Å². The average Bonchev–Trinajstić information content (AvgIpc) is 2.94. The van der Waals surface area contributed by atoms with Gasteiger partial charge >= 0.3 is 0 Å². The van der Waals surface area contributed by atoms with Gasteiger partial charge in [-0.15, -0.1) is 0 Å². The number of benzene rings is 2. The van der Waals surface area contributed by atoms with Crippen LogP contribution in [0.2, 0.25) is 0 Å². The van der Waals surface area contributed by atoms with Crippen LogP contribution in [0.25, 0.3) is 0 Å². The minimum absolute atomic E-state index is 0.105. The van der Waals surface area contributed by atoms with E-state index >= 15 is 0 Å². The molecule has 27 heavy (non-hydrogen) atoms. The Balaban J connectivity index is 2.01. The highest BCUT2D eigenvalue weighted by molar-refractivity contribution is 8.05. The third-order valence-corrected chi connectivity index (χ3v) is 5.21. The number of carbonyl (C=O) groups is 2. The number of nitrogens with zero attached hydrogens (tertiary/aromatic N) is 2. The van der Waals surface area contributed by atoms with Crippen LogP contribution in [0.5, 0.6) is 0 Å². The molecule has 0 bridgehead atoms. The van der Waals surface area contributed by atoms with Gasteiger partial charge in [-0.25, -0.2) is 8.78 Å². The van der Waals surface area contributed by atoms with Crippen molar-refractivity contribution in [2.75, 3.05) is 4.90 Å². The highest BCUT2D eigenvalue weighted by Crippen LogP contribution is 2.41. The first-order chi connectivity index (χ1) is 12.9. The lowest BCUT2D eigenvalue weighted by molar-refractivity contribution is -0.117. The molecule has 1 saturated heterocycles. The number of carbonyl (C=O) groups excluding carboxylic acids is 2. The number of anilines is 1. The second-order valence-corrected chi connectivity index (χ2v) is 6.93. The van der Waals surface area contributed by atoms with E-state index in [1.54, 1.807) is 18.2 Å². The molecule has 1 aliphatic rings. The number of hydrogen-bond donors (Lipinski definition) is 1. The Hall–Kier alpha value is -3.18. The van der Waals surface area contributed by atoms with Gasteiger partial charge in [0.15, 0.2) is 0 Å². The SMILES string of the molecule is N#CC(C(N)=O)=C1SC(Cc2ccc(F)cc2)C(=O)N1c1ccc(F)cc1. The molecule has 0 aromatic heterocycles. The van der Waals surface area contributed by atoms with Gasteiger partial charge in [-0.1, -0.05) is 23.9 Å². The monoisotopic (exact) mass is 385 g/mol. The molecule has 5 nitrogen and oxygen atoms in total. The van der Waals surface area contributed by atoms with E-state index in [-0.39, 0.29) is 22.9 Å². The maximum absolute atomic E-state index is 13.2. The molecule has 1 unspecified atom stereocenters. The summed E-state index contributed by atoms with van der Waals surface area (Å²) in [6.07, 6.45) is 0.266. The normalized spacial score (nSPS) is 18.3. The lowest BCUT2D eigenvalue weighted by atomic mass is 10.1. The maximum Gasteiger partial charge on any atom is 0.262 e. The van der Waals surface area contributed by atoms with Crippen molar-refractivity contribution in [2.45, 2.75) is 11.7 Å². The number of nitriles is 1. The largest absolute Gasteiger partial charge is 0.365 e. The standard InChI is InChI=1S/C19H13F2N3O2S/c20-12-3-1-11(2-4-12)9-16-18(26)24(14-7-5-13(21)6-8-14)19(27-16)15(10-22)17(23)25/h1-8,16H,9H2,(H2,23,25). The van der Waals surface area contributed by atoms with E-state index in [0.717, 1.165) is 17.3 Å².